The quantitative estimate of drug-likeness (QED) is 0.857. The van der Waals surface area contributed by atoms with Crippen LogP contribution in [0.4, 0.5) is 0 Å². The Morgan fingerprint density at radius 3 is 2.71 bits per heavy atom. The number of fused-ring (bicyclic) bond motifs is 1. The summed E-state index contributed by atoms with van der Waals surface area (Å²) in [4.78, 5) is 4.70. The molecule has 2 aromatic rings. The smallest absolute Gasteiger partial charge is 0.112 e. The number of hydrogen-bond acceptors (Lipinski definition) is 2. The highest BCUT2D eigenvalue weighted by Crippen LogP contribution is 2.26. The fourth-order valence-corrected chi connectivity index (χ4v) is 2.52. The van der Waals surface area contributed by atoms with E-state index < -0.39 is 0 Å². The van der Waals surface area contributed by atoms with Crippen molar-refractivity contribution in [3.05, 3.63) is 29.6 Å². The van der Waals surface area contributed by atoms with Crippen LogP contribution < -0.4 is 5.32 Å². The minimum atomic E-state index is 0.473. The second-order valence-electron chi connectivity index (χ2n) is 5.29. The van der Waals surface area contributed by atoms with E-state index in [1.165, 1.54) is 16.9 Å². The van der Waals surface area contributed by atoms with Gasteiger partial charge in [-0.1, -0.05) is 19.9 Å². The number of aromatic nitrogens is 2. The van der Waals surface area contributed by atoms with Gasteiger partial charge in [0.05, 0.1) is 11.0 Å². The Hall–Kier alpha value is -1.35. The first-order valence-corrected chi connectivity index (χ1v) is 6.34. The zero-order valence-electron chi connectivity index (χ0n) is 10.7. The minimum absolute atomic E-state index is 0.473. The molecule has 0 unspecified atom stereocenters. The van der Waals surface area contributed by atoms with Gasteiger partial charge in [0, 0.05) is 32.0 Å². The fraction of sp³-hybridized carbons (Fsp3) is 0.500. The van der Waals surface area contributed by atoms with E-state index in [4.69, 9.17) is 4.98 Å². The van der Waals surface area contributed by atoms with Gasteiger partial charge in [0.25, 0.3) is 0 Å². The van der Waals surface area contributed by atoms with Gasteiger partial charge in [0.2, 0.25) is 0 Å². The lowest BCUT2D eigenvalue weighted by molar-refractivity contribution is 0.448. The molecule has 3 nitrogen and oxygen atoms in total. The molecule has 90 valence electrons. The van der Waals surface area contributed by atoms with Gasteiger partial charge in [-0.2, -0.15) is 0 Å². The monoisotopic (exact) mass is 229 g/mol. The predicted molar refractivity (Wildman–Crippen MR) is 70.4 cm³/mol. The molecule has 1 fully saturated rings. The molecule has 1 aliphatic rings. The molecule has 17 heavy (non-hydrogen) atoms. The second-order valence-corrected chi connectivity index (χ2v) is 5.29. The summed E-state index contributed by atoms with van der Waals surface area (Å²) in [5.74, 6) is 2.34. The Kier molecular flexibility index (Phi) is 2.44. The van der Waals surface area contributed by atoms with E-state index in [2.05, 4.69) is 49.0 Å². The second kappa shape index (κ2) is 3.84. The third-order valence-corrected chi connectivity index (χ3v) is 3.71. The molecule has 1 aromatic heterocycles. The van der Waals surface area contributed by atoms with Crippen LogP contribution in [0.2, 0.25) is 0 Å². The third-order valence-electron chi connectivity index (χ3n) is 3.71. The lowest BCUT2D eigenvalue weighted by Gasteiger charge is -2.27. The summed E-state index contributed by atoms with van der Waals surface area (Å²) >= 11 is 0. The van der Waals surface area contributed by atoms with Crippen molar-refractivity contribution in [3.8, 4) is 0 Å². The van der Waals surface area contributed by atoms with Gasteiger partial charge >= 0.3 is 0 Å². The minimum Gasteiger partial charge on any atom is -0.331 e. The van der Waals surface area contributed by atoms with Crippen molar-refractivity contribution < 1.29 is 0 Å². The third kappa shape index (κ3) is 1.65. The summed E-state index contributed by atoms with van der Waals surface area (Å²) in [5, 5.41) is 3.32. The van der Waals surface area contributed by atoms with Crippen LogP contribution >= 0.6 is 0 Å². The number of benzene rings is 1. The number of imidazole rings is 1. The maximum atomic E-state index is 4.70. The average Bonchev–Trinajstić information content (AvgIpc) is 2.54. The molecule has 0 aliphatic carbocycles. The Balaban J connectivity index is 2.11. The van der Waals surface area contributed by atoms with Gasteiger partial charge in [0.1, 0.15) is 5.82 Å². The van der Waals surface area contributed by atoms with Gasteiger partial charge in [0.15, 0.2) is 0 Å². The first kappa shape index (κ1) is 10.8. The van der Waals surface area contributed by atoms with E-state index in [-0.39, 0.29) is 0 Å². The number of nitrogens with one attached hydrogen (secondary N) is 1. The topological polar surface area (TPSA) is 29.9 Å². The number of aryl methyl sites for hydroxylation is 1. The maximum absolute atomic E-state index is 4.70. The van der Waals surface area contributed by atoms with Crippen LogP contribution in [0.15, 0.2) is 18.2 Å². The summed E-state index contributed by atoms with van der Waals surface area (Å²) in [6, 6.07) is 6.69. The zero-order valence-corrected chi connectivity index (χ0v) is 10.7. The fourth-order valence-electron chi connectivity index (χ4n) is 2.52. The summed E-state index contributed by atoms with van der Waals surface area (Å²) in [6.07, 6.45) is 0. The molecule has 3 rings (SSSR count). The standard InChI is InChI=1S/C14H19N3/c1-9(2)14-16-12-5-4-10(11-7-15-8-11)6-13(12)17(14)3/h4-6,9,11,15H,7-8H2,1-3H3. The Bertz CT molecular complexity index is 550. The average molecular weight is 229 g/mol. The van der Waals surface area contributed by atoms with Gasteiger partial charge < -0.3 is 9.88 Å². The summed E-state index contributed by atoms with van der Waals surface area (Å²) < 4.78 is 2.23. The SMILES string of the molecule is CC(C)c1nc2ccc(C3CNC3)cc2n1C. The van der Waals surface area contributed by atoms with Gasteiger partial charge in [-0.25, -0.2) is 4.98 Å². The predicted octanol–water partition coefficient (Wildman–Crippen LogP) is 2.38. The van der Waals surface area contributed by atoms with Crippen molar-refractivity contribution in [2.45, 2.75) is 25.7 Å². The molecule has 0 atom stereocenters. The first-order chi connectivity index (χ1) is 8.16. The van der Waals surface area contributed by atoms with E-state index in [1.807, 2.05) is 0 Å². The van der Waals surface area contributed by atoms with E-state index in [9.17, 15) is 0 Å². The van der Waals surface area contributed by atoms with Crippen molar-refractivity contribution in [1.82, 2.24) is 14.9 Å². The van der Waals surface area contributed by atoms with E-state index in [0.717, 1.165) is 18.6 Å². The van der Waals surface area contributed by atoms with Crippen LogP contribution in [0.1, 0.15) is 37.1 Å². The first-order valence-electron chi connectivity index (χ1n) is 6.34. The maximum Gasteiger partial charge on any atom is 0.112 e. The van der Waals surface area contributed by atoms with Crippen molar-refractivity contribution in [2.24, 2.45) is 7.05 Å². The summed E-state index contributed by atoms with van der Waals surface area (Å²) in [7, 11) is 2.12. The van der Waals surface area contributed by atoms with Gasteiger partial charge in [-0.05, 0) is 17.7 Å². The van der Waals surface area contributed by atoms with Crippen LogP contribution in [0.25, 0.3) is 11.0 Å². The molecule has 1 aliphatic heterocycles. The number of rotatable bonds is 2. The van der Waals surface area contributed by atoms with E-state index in [1.54, 1.807) is 0 Å². The molecule has 0 spiro atoms. The highest BCUT2D eigenvalue weighted by Gasteiger charge is 2.20. The molecule has 1 aromatic carbocycles. The van der Waals surface area contributed by atoms with E-state index in [0.29, 0.717) is 11.8 Å². The zero-order chi connectivity index (χ0) is 12.0. The van der Waals surface area contributed by atoms with Crippen molar-refractivity contribution in [1.29, 1.82) is 0 Å². The highest BCUT2D eigenvalue weighted by atomic mass is 15.1. The summed E-state index contributed by atoms with van der Waals surface area (Å²) in [6.45, 7) is 6.61. The molecule has 2 heterocycles. The molecule has 0 bridgehead atoms. The van der Waals surface area contributed by atoms with Crippen LogP contribution in [0.5, 0.6) is 0 Å². The Morgan fingerprint density at radius 1 is 1.35 bits per heavy atom. The summed E-state index contributed by atoms with van der Waals surface area (Å²) in [5.41, 5.74) is 3.82. The molecule has 3 heteroatoms. The largest absolute Gasteiger partial charge is 0.331 e. The van der Waals surface area contributed by atoms with Crippen LogP contribution in [-0.4, -0.2) is 22.6 Å². The molecule has 1 N–H and O–H groups in total. The number of hydrogen-bond donors (Lipinski definition) is 1. The van der Waals surface area contributed by atoms with E-state index >= 15 is 0 Å². The van der Waals surface area contributed by atoms with Crippen molar-refractivity contribution in [2.75, 3.05) is 13.1 Å². The normalized spacial score (nSPS) is 16.7. The van der Waals surface area contributed by atoms with Crippen LogP contribution in [0, 0.1) is 0 Å². The Morgan fingerprint density at radius 2 is 2.12 bits per heavy atom. The molecule has 0 saturated carbocycles. The van der Waals surface area contributed by atoms with Crippen LogP contribution in [0.3, 0.4) is 0 Å². The van der Waals surface area contributed by atoms with Crippen molar-refractivity contribution >= 4 is 11.0 Å². The molecular formula is C14H19N3. The number of nitrogens with zero attached hydrogens (tertiary/aromatic N) is 2. The lowest BCUT2D eigenvalue weighted by atomic mass is 9.93. The van der Waals surface area contributed by atoms with Gasteiger partial charge in [-0.15, -0.1) is 0 Å². The molecule has 0 amide bonds. The molecule has 0 radical (unpaired) electrons. The molecule has 1 saturated heterocycles. The highest BCUT2D eigenvalue weighted by molar-refractivity contribution is 5.77. The molecular weight excluding hydrogens is 210 g/mol. The van der Waals surface area contributed by atoms with Crippen molar-refractivity contribution in [3.63, 3.8) is 0 Å². The van der Waals surface area contributed by atoms with Crippen LogP contribution in [-0.2, 0) is 7.05 Å². The van der Waals surface area contributed by atoms with Gasteiger partial charge in [-0.3, -0.25) is 0 Å². The lowest BCUT2D eigenvalue weighted by Crippen LogP contribution is -2.39. The Labute approximate surface area is 102 Å².